The van der Waals surface area contributed by atoms with E-state index in [1.54, 1.807) is 0 Å². The van der Waals surface area contributed by atoms with Gasteiger partial charge in [-0.15, -0.1) is 0 Å². The number of carbonyl (C=O) groups excluding carboxylic acids is 1. The molecule has 0 heterocycles. The van der Waals surface area contributed by atoms with Crippen molar-refractivity contribution in [2.24, 2.45) is 5.73 Å². The second kappa shape index (κ2) is 4.35. The molecular weight excluding hydrogens is 198 g/mol. The predicted molar refractivity (Wildman–Crippen MR) is 66.2 cm³/mol. The van der Waals surface area contributed by atoms with E-state index in [0.29, 0.717) is 0 Å². The first-order chi connectivity index (χ1) is 7.74. The lowest BCUT2D eigenvalue weighted by atomic mass is 9.91. The standard InChI is InChI=1S/C14H15NO/c1-2-11(14(15)16)13-9-5-7-10-6-3-4-8-12(10)13/h3-9,11H,2H2,1H3,(H2,15,16). The lowest BCUT2D eigenvalue weighted by Gasteiger charge is -2.13. The first kappa shape index (κ1) is 10.7. The number of hydrogen-bond acceptors (Lipinski definition) is 1. The summed E-state index contributed by atoms with van der Waals surface area (Å²) < 4.78 is 0. The first-order valence-electron chi connectivity index (χ1n) is 5.51. The molecule has 0 aliphatic carbocycles. The molecule has 1 amide bonds. The Bertz CT molecular complexity index is 514. The van der Waals surface area contributed by atoms with Crippen molar-refractivity contribution in [3.8, 4) is 0 Å². The van der Waals surface area contributed by atoms with Crippen molar-refractivity contribution in [1.29, 1.82) is 0 Å². The molecule has 2 aromatic carbocycles. The zero-order chi connectivity index (χ0) is 11.5. The van der Waals surface area contributed by atoms with E-state index < -0.39 is 0 Å². The summed E-state index contributed by atoms with van der Waals surface area (Å²) in [5.74, 6) is -0.440. The summed E-state index contributed by atoms with van der Waals surface area (Å²) in [6.07, 6.45) is 0.739. The van der Waals surface area contributed by atoms with Gasteiger partial charge >= 0.3 is 0 Å². The van der Waals surface area contributed by atoms with Crippen molar-refractivity contribution in [2.45, 2.75) is 19.3 Å². The molecule has 82 valence electrons. The molecule has 1 atom stereocenters. The van der Waals surface area contributed by atoms with E-state index in [0.717, 1.165) is 22.8 Å². The maximum absolute atomic E-state index is 11.4. The topological polar surface area (TPSA) is 43.1 Å². The minimum Gasteiger partial charge on any atom is -0.369 e. The van der Waals surface area contributed by atoms with Crippen molar-refractivity contribution in [3.05, 3.63) is 48.0 Å². The van der Waals surface area contributed by atoms with Crippen LogP contribution in [0.4, 0.5) is 0 Å². The molecule has 2 rings (SSSR count). The van der Waals surface area contributed by atoms with E-state index >= 15 is 0 Å². The van der Waals surface area contributed by atoms with Crippen LogP contribution in [-0.2, 0) is 4.79 Å². The van der Waals surface area contributed by atoms with Gasteiger partial charge in [-0.25, -0.2) is 0 Å². The van der Waals surface area contributed by atoms with Gasteiger partial charge in [-0.05, 0) is 22.8 Å². The average molecular weight is 213 g/mol. The Kier molecular flexibility index (Phi) is 2.91. The van der Waals surface area contributed by atoms with Crippen molar-refractivity contribution < 1.29 is 4.79 Å². The third kappa shape index (κ3) is 1.78. The Labute approximate surface area is 95.1 Å². The second-order valence-corrected chi connectivity index (χ2v) is 3.93. The Balaban J connectivity index is 2.63. The molecule has 2 N–H and O–H groups in total. The molecule has 0 aliphatic heterocycles. The number of amides is 1. The van der Waals surface area contributed by atoms with E-state index in [2.05, 4.69) is 0 Å². The summed E-state index contributed by atoms with van der Waals surface area (Å²) in [6, 6.07) is 14.1. The molecule has 0 spiro atoms. The number of hydrogen-bond donors (Lipinski definition) is 1. The fourth-order valence-corrected chi connectivity index (χ4v) is 2.13. The van der Waals surface area contributed by atoms with Gasteiger partial charge in [-0.3, -0.25) is 4.79 Å². The number of primary amides is 1. The average Bonchev–Trinajstić information content (AvgIpc) is 2.30. The van der Waals surface area contributed by atoms with Crippen LogP contribution in [0.5, 0.6) is 0 Å². The van der Waals surface area contributed by atoms with Crippen molar-refractivity contribution in [3.63, 3.8) is 0 Å². The fourth-order valence-electron chi connectivity index (χ4n) is 2.13. The number of rotatable bonds is 3. The lowest BCUT2D eigenvalue weighted by Crippen LogP contribution is -2.20. The van der Waals surface area contributed by atoms with Gasteiger partial charge in [0.25, 0.3) is 0 Å². The van der Waals surface area contributed by atoms with Crippen LogP contribution in [0.15, 0.2) is 42.5 Å². The monoisotopic (exact) mass is 213 g/mol. The minimum absolute atomic E-state index is 0.189. The molecule has 0 bridgehead atoms. The lowest BCUT2D eigenvalue weighted by molar-refractivity contribution is -0.119. The molecule has 0 aromatic heterocycles. The Hall–Kier alpha value is -1.83. The fraction of sp³-hybridized carbons (Fsp3) is 0.214. The minimum atomic E-state index is -0.251. The Morgan fingerprint density at radius 3 is 2.56 bits per heavy atom. The summed E-state index contributed by atoms with van der Waals surface area (Å²) in [5, 5.41) is 2.27. The molecule has 16 heavy (non-hydrogen) atoms. The van der Waals surface area contributed by atoms with Crippen LogP contribution >= 0.6 is 0 Å². The van der Waals surface area contributed by atoms with Gasteiger partial charge in [0.1, 0.15) is 0 Å². The van der Waals surface area contributed by atoms with E-state index in [1.165, 1.54) is 0 Å². The number of benzene rings is 2. The molecule has 0 radical (unpaired) electrons. The summed E-state index contributed by atoms with van der Waals surface area (Å²) in [6.45, 7) is 1.98. The second-order valence-electron chi connectivity index (χ2n) is 3.93. The highest BCUT2D eigenvalue weighted by molar-refractivity contribution is 5.92. The van der Waals surface area contributed by atoms with Crippen LogP contribution in [0.25, 0.3) is 10.8 Å². The molecule has 0 saturated heterocycles. The molecule has 2 heteroatoms. The molecule has 0 aliphatic rings. The highest BCUT2D eigenvalue weighted by Gasteiger charge is 2.17. The summed E-state index contributed by atoms with van der Waals surface area (Å²) >= 11 is 0. The SMILES string of the molecule is CCC(C(N)=O)c1cccc2ccccc12. The molecule has 0 fully saturated rings. The zero-order valence-electron chi connectivity index (χ0n) is 9.31. The third-order valence-electron chi connectivity index (χ3n) is 2.95. The van der Waals surface area contributed by atoms with Crippen molar-refractivity contribution in [2.75, 3.05) is 0 Å². The van der Waals surface area contributed by atoms with E-state index in [4.69, 9.17) is 5.73 Å². The van der Waals surface area contributed by atoms with Crippen LogP contribution < -0.4 is 5.73 Å². The van der Waals surface area contributed by atoms with Crippen LogP contribution in [0.1, 0.15) is 24.8 Å². The maximum atomic E-state index is 11.4. The maximum Gasteiger partial charge on any atom is 0.224 e. The van der Waals surface area contributed by atoms with Gasteiger partial charge < -0.3 is 5.73 Å². The van der Waals surface area contributed by atoms with E-state index in [9.17, 15) is 4.79 Å². The third-order valence-corrected chi connectivity index (χ3v) is 2.95. The molecule has 2 aromatic rings. The first-order valence-corrected chi connectivity index (χ1v) is 5.51. The van der Waals surface area contributed by atoms with Crippen molar-refractivity contribution in [1.82, 2.24) is 0 Å². The Morgan fingerprint density at radius 1 is 1.19 bits per heavy atom. The van der Waals surface area contributed by atoms with Gasteiger partial charge in [0.05, 0.1) is 5.92 Å². The molecule has 0 saturated carbocycles. The van der Waals surface area contributed by atoms with Gasteiger partial charge in [0, 0.05) is 0 Å². The van der Waals surface area contributed by atoms with E-state index in [-0.39, 0.29) is 11.8 Å². The summed E-state index contributed by atoms with van der Waals surface area (Å²) in [7, 11) is 0. The Morgan fingerprint density at radius 2 is 1.88 bits per heavy atom. The van der Waals surface area contributed by atoms with Gasteiger partial charge in [-0.1, -0.05) is 49.4 Å². The highest BCUT2D eigenvalue weighted by Crippen LogP contribution is 2.27. The van der Waals surface area contributed by atoms with E-state index in [1.807, 2.05) is 49.4 Å². The van der Waals surface area contributed by atoms with Gasteiger partial charge in [-0.2, -0.15) is 0 Å². The smallest absolute Gasteiger partial charge is 0.224 e. The van der Waals surface area contributed by atoms with Crippen LogP contribution in [0, 0.1) is 0 Å². The van der Waals surface area contributed by atoms with Crippen LogP contribution in [0.3, 0.4) is 0 Å². The molecule has 2 nitrogen and oxygen atoms in total. The zero-order valence-corrected chi connectivity index (χ0v) is 9.31. The predicted octanol–water partition coefficient (Wildman–Crippen LogP) is 2.82. The van der Waals surface area contributed by atoms with Gasteiger partial charge in [0.15, 0.2) is 0 Å². The largest absolute Gasteiger partial charge is 0.369 e. The number of fused-ring (bicyclic) bond motifs is 1. The normalized spacial score (nSPS) is 12.6. The molecular formula is C14H15NO. The highest BCUT2D eigenvalue weighted by atomic mass is 16.1. The molecule has 1 unspecified atom stereocenters. The van der Waals surface area contributed by atoms with Crippen LogP contribution in [0.2, 0.25) is 0 Å². The van der Waals surface area contributed by atoms with Crippen molar-refractivity contribution >= 4 is 16.7 Å². The summed E-state index contributed by atoms with van der Waals surface area (Å²) in [4.78, 5) is 11.4. The number of nitrogens with two attached hydrogens (primary N) is 1. The quantitative estimate of drug-likeness (QED) is 0.837. The van der Waals surface area contributed by atoms with Gasteiger partial charge in [0.2, 0.25) is 5.91 Å². The van der Waals surface area contributed by atoms with Crippen LogP contribution in [-0.4, -0.2) is 5.91 Å². The summed E-state index contributed by atoms with van der Waals surface area (Å²) in [5.41, 5.74) is 6.47. The number of carbonyl (C=O) groups is 1.